The van der Waals surface area contributed by atoms with Crippen LogP contribution in [0.25, 0.3) is 11.4 Å². The van der Waals surface area contributed by atoms with Crippen molar-refractivity contribution in [2.75, 3.05) is 10.7 Å². The number of benzene rings is 2. The molecule has 0 saturated carbocycles. The molecule has 1 unspecified atom stereocenters. The van der Waals surface area contributed by atoms with Gasteiger partial charge in [-0.25, -0.2) is 22.4 Å². The van der Waals surface area contributed by atoms with Crippen molar-refractivity contribution in [1.82, 2.24) is 20.8 Å². The van der Waals surface area contributed by atoms with Crippen LogP contribution in [-0.2, 0) is 30.7 Å². The number of fused-ring (bicyclic) bond motifs is 1. The van der Waals surface area contributed by atoms with Crippen molar-refractivity contribution in [3.63, 3.8) is 0 Å². The minimum Gasteiger partial charge on any atom is -0.491 e. The average molecular weight is 758 g/mol. The van der Waals surface area contributed by atoms with Gasteiger partial charge in [-0.15, -0.1) is 0 Å². The van der Waals surface area contributed by atoms with E-state index in [9.17, 15) is 36.0 Å². The maximum atomic E-state index is 15.8. The minimum absolute atomic E-state index is 0.145. The molecular weight excluding hydrogens is 718 g/mol. The molecule has 3 aromatic rings. The lowest BCUT2D eigenvalue weighted by atomic mass is 10.1. The molecule has 0 radical (unpaired) electrons. The van der Waals surface area contributed by atoms with Gasteiger partial charge in [-0.3, -0.25) is 4.79 Å². The van der Waals surface area contributed by atoms with Gasteiger partial charge in [-0.2, -0.15) is 18.2 Å². The number of halogens is 4. The zero-order valence-corrected chi connectivity index (χ0v) is 30.4. The molecule has 2 atom stereocenters. The van der Waals surface area contributed by atoms with Crippen molar-refractivity contribution in [3.05, 3.63) is 53.7 Å². The molecule has 14 nitrogen and oxygen atoms in total. The van der Waals surface area contributed by atoms with Gasteiger partial charge < -0.3 is 34.3 Å². The number of nitrogens with zero attached hydrogens (tertiary/aromatic N) is 3. The smallest absolute Gasteiger partial charge is 0.417 e. The summed E-state index contributed by atoms with van der Waals surface area (Å²) in [7, 11) is -4.54. The zero-order chi connectivity index (χ0) is 39.0. The first-order chi connectivity index (χ1) is 23.8. The predicted octanol–water partition coefficient (Wildman–Crippen LogP) is 6.00. The van der Waals surface area contributed by atoms with Crippen molar-refractivity contribution in [1.29, 1.82) is 0 Å². The van der Waals surface area contributed by atoms with E-state index in [0.717, 1.165) is 11.0 Å². The second-order valence-electron chi connectivity index (χ2n) is 14.1. The molecule has 0 bridgehead atoms. The van der Waals surface area contributed by atoms with Gasteiger partial charge in [0.05, 0.1) is 34.5 Å². The summed E-state index contributed by atoms with van der Waals surface area (Å²) in [5.74, 6) is -4.65. The lowest BCUT2D eigenvalue weighted by molar-refractivity contribution is -0.162. The second kappa shape index (κ2) is 14.6. The fourth-order valence-electron chi connectivity index (χ4n) is 4.88. The molecule has 1 aliphatic heterocycles. The third-order valence-corrected chi connectivity index (χ3v) is 8.64. The molecule has 0 saturated heterocycles. The first-order valence-electron chi connectivity index (χ1n) is 15.9. The van der Waals surface area contributed by atoms with Crippen molar-refractivity contribution in [2.45, 2.75) is 102 Å². The van der Waals surface area contributed by atoms with Crippen molar-refractivity contribution >= 4 is 33.6 Å². The molecule has 0 aliphatic carbocycles. The number of alkyl halides is 3. The molecule has 1 aromatic heterocycles. The number of nitrogens with one attached hydrogen (secondary N) is 2. The number of sulfone groups is 1. The number of hydrogen-bond donors (Lipinski definition) is 2. The van der Waals surface area contributed by atoms with Crippen LogP contribution >= 0.6 is 0 Å². The van der Waals surface area contributed by atoms with Gasteiger partial charge in [0, 0.05) is 0 Å². The summed E-state index contributed by atoms with van der Waals surface area (Å²) in [5, 5.41) is 7.35. The summed E-state index contributed by atoms with van der Waals surface area (Å²) >= 11 is 0. The minimum atomic E-state index is -5.17. The maximum Gasteiger partial charge on any atom is 0.417 e. The lowest BCUT2D eigenvalue weighted by Crippen LogP contribution is -2.51. The summed E-state index contributed by atoms with van der Waals surface area (Å²) < 4.78 is 106. The number of alkyl carbamates (subject to hydrolysis) is 2. The van der Waals surface area contributed by atoms with Crippen LogP contribution in [0.4, 0.5) is 32.8 Å². The van der Waals surface area contributed by atoms with Crippen LogP contribution in [0.2, 0.25) is 0 Å². The molecular formula is C33H39F4N5O9S. The van der Waals surface area contributed by atoms with E-state index in [2.05, 4.69) is 15.5 Å². The molecule has 2 heterocycles. The SMILES string of the molecule is CC(C)Oc1ccc(CN2C(=O)[C@@H](NC(=O)OC(C)(C)C)CS(=O)(=O)c3cc(F)c(-c4noc(C(NC(=O)OC(C)(C)C)C(F)(F)F)n4)cc32)cc1. The highest BCUT2D eigenvalue weighted by Crippen LogP contribution is 2.38. The van der Waals surface area contributed by atoms with Crippen LogP contribution in [0, 0.1) is 5.82 Å². The van der Waals surface area contributed by atoms with E-state index in [1.807, 2.05) is 13.8 Å². The van der Waals surface area contributed by atoms with Crippen molar-refractivity contribution < 1.29 is 59.1 Å². The Labute approximate surface area is 297 Å². The van der Waals surface area contributed by atoms with Gasteiger partial charge in [0.2, 0.25) is 11.9 Å². The van der Waals surface area contributed by atoms with E-state index >= 15 is 4.39 Å². The lowest BCUT2D eigenvalue weighted by Gasteiger charge is -2.27. The predicted molar refractivity (Wildman–Crippen MR) is 176 cm³/mol. The van der Waals surface area contributed by atoms with Crippen LogP contribution in [0.15, 0.2) is 45.8 Å². The summed E-state index contributed by atoms with van der Waals surface area (Å²) in [4.78, 5) is 43.0. The Balaban J connectivity index is 1.81. The standard InChI is InChI=1S/C33H39F4N5O9S/c1-17(2)48-19-11-9-18(10-12-19)15-42-23-13-20(26-40-27(51-41-26)25(33(35,36)37)39-30(45)50-32(6,7)8)21(34)14-24(23)52(46,47)16-22(28(42)43)38-29(44)49-31(3,4)5/h9-14,17,22,25H,15-16H2,1-8H3,(H,38,44)(H,39,45)/t22-,25?/m0/s1. The Kier molecular flexibility index (Phi) is 11.2. The topological polar surface area (TPSA) is 179 Å². The summed E-state index contributed by atoms with van der Waals surface area (Å²) in [5.41, 5.74) is -2.73. The number of aromatic nitrogens is 2. The van der Waals surface area contributed by atoms with E-state index < -0.39 is 91.1 Å². The quantitative estimate of drug-likeness (QED) is 0.257. The molecule has 2 N–H and O–H groups in total. The summed E-state index contributed by atoms with van der Waals surface area (Å²) in [6.07, 6.45) is -7.86. The summed E-state index contributed by atoms with van der Waals surface area (Å²) in [6.45, 7) is 12.3. The molecule has 52 heavy (non-hydrogen) atoms. The van der Waals surface area contributed by atoms with Gasteiger partial charge in [-0.05, 0) is 85.2 Å². The zero-order valence-electron chi connectivity index (χ0n) is 29.5. The maximum absolute atomic E-state index is 15.8. The monoisotopic (exact) mass is 757 g/mol. The third kappa shape index (κ3) is 10.1. The van der Waals surface area contributed by atoms with Gasteiger partial charge in [-0.1, -0.05) is 17.3 Å². The molecule has 3 amide bonds. The van der Waals surface area contributed by atoms with E-state index in [1.54, 1.807) is 50.4 Å². The van der Waals surface area contributed by atoms with Gasteiger partial charge in [0.1, 0.15) is 28.8 Å². The number of hydrogen-bond acceptors (Lipinski definition) is 11. The number of carbonyl (C=O) groups excluding carboxylic acids is 3. The highest BCUT2D eigenvalue weighted by Gasteiger charge is 2.47. The van der Waals surface area contributed by atoms with E-state index in [-0.39, 0.29) is 18.3 Å². The van der Waals surface area contributed by atoms with E-state index in [1.165, 1.54) is 20.8 Å². The largest absolute Gasteiger partial charge is 0.491 e. The van der Waals surface area contributed by atoms with Gasteiger partial charge >= 0.3 is 18.4 Å². The number of amides is 3. The van der Waals surface area contributed by atoms with Crippen LogP contribution in [0.1, 0.15) is 72.9 Å². The third-order valence-electron chi connectivity index (χ3n) is 6.87. The molecule has 2 aromatic carbocycles. The van der Waals surface area contributed by atoms with Gasteiger partial charge in [0.25, 0.3) is 11.8 Å². The van der Waals surface area contributed by atoms with Crippen LogP contribution in [0.3, 0.4) is 0 Å². The molecule has 0 spiro atoms. The first kappa shape index (κ1) is 39.8. The fourth-order valence-corrected chi connectivity index (χ4v) is 6.49. The number of rotatable bonds is 8. The van der Waals surface area contributed by atoms with Gasteiger partial charge in [0.15, 0.2) is 9.84 Å². The molecule has 4 rings (SSSR count). The van der Waals surface area contributed by atoms with Crippen molar-refractivity contribution in [2.24, 2.45) is 0 Å². The van der Waals surface area contributed by atoms with Crippen molar-refractivity contribution in [3.8, 4) is 17.1 Å². The Morgan fingerprint density at radius 3 is 2.15 bits per heavy atom. The molecule has 284 valence electrons. The highest BCUT2D eigenvalue weighted by atomic mass is 32.2. The molecule has 0 fully saturated rings. The number of anilines is 1. The Bertz CT molecular complexity index is 1920. The Morgan fingerprint density at radius 2 is 1.60 bits per heavy atom. The highest BCUT2D eigenvalue weighted by molar-refractivity contribution is 7.91. The van der Waals surface area contributed by atoms with Crippen LogP contribution in [-0.4, -0.2) is 71.9 Å². The number of carbonyl (C=O) groups is 3. The van der Waals surface area contributed by atoms with E-state index in [4.69, 9.17) is 18.7 Å². The second-order valence-corrected chi connectivity index (χ2v) is 16.1. The molecule has 19 heteroatoms. The normalized spacial score (nSPS) is 16.8. The Morgan fingerprint density at radius 1 is 1.00 bits per heavy atom. The molecule has 1 aliphatic rings. The Hall–Kier alpha value is -4.94. The first-order valence-corrected chi connectivity index (χ1v) is 17.5. The van der Waals surface area contributed by atoms with E-state index in [0.29, 0.717) is 17.4 Å². The number of ether oxygens (including phenoxy) is 3. The average Bonchev–Trinajstić information content (AvgIpc) is 3.43. The van der Waals surface area contributed by atoms with Crippen LogP contribution in [0.5, 0.6) is 5.75 Å². The van der Waals surface area contributed by atoms with Crippen LogP contribution < -0.4 is 20.3 Å². The fraction of sp³-hybridized carbons (Fsp3) is 0.485. The summed E-state index contributed by atoms with van der Waals surface area (Å²) in [6, 6.07) is 3.32.